The van der Waals surface area contributed by atoms with Gasteiger partial charge in [0, 0.05) is 11.3 Å². The number of aryl methyl sites for hydroxylation is 1. The van der Waals surface area contributed by atoms with Gasteiger partial charge in [-0.05, 0) is 31.5 Å². The van der Waals surface area contributed by atoms with Crippen molar-refractivity contribution in [1.29, 1.82) is 0 Å². The van der Waals surface area contributed by atoms with Gasteiger partial charge in [0.25, 0.3) is 0 Å². The molecule has 0 saturated heterocycles. The van der Waals surface area contributed by atoms with Crippen LogP contribution in [0.5, 0.6) is 0 Å². The minimum Gasteiger partial charge on any atom is -0.368 e. The van der Waals surface area contributed by atoms with Crippen molar-refractivity contribution in [2.45, 2.75) is 13.3 Å². The molecule has 0 atom stereocenters. The summed E-state index contributed by atoms with van der Waals surface area (Å²) in [6, 6.07) is 10.0. The van der Waals surface area contributed by atoms with E-state index in [1.54, 1.807) is 0 Å². The van der Waals surface area contributed by atoms with Crippen molar-refractivity contribution in [3.05, 3.63) is 41.6 Å². The molecule has 1 aromatic carbocycles. The average Bonchev–Trinajstić information content (AvgIpc) is 2.29. The molecule has 0 aliphatic rings. The first-order valence-electron chi connectivity index (χ1n) is 5.60. The van der Waals surface area contributed by atoms with E-state index in [1.807, 2.05) is 31.2 Å². The summed E-state index contributed by atoms with van der Waals surface area (Å²) in [5, 5.41) is 0. The second kappa shape index (κ2) is 4.93. The van der Waals surface area contributed by atoms with Crippen molar-refractivity contribution >= 4 is 5.95 Å². The minimum absolute atomic E-state index is 0.308. The molecule has 4 heteroatoms. The summed E-state index contributed by atoms with van der Waals surface area (Å²) in [5.41, 5.74) is 15.3. The quantitative estimate of drug-likeness (QED) is 0.835. The van der Waals surface area contributed by atoms with Crippen LogP contribution in [0.3, 0.4) is 0 Å². The van der Waals surface area contributed by atoms with E-state index in [9.17, 15) is 0 Å². The van der Waals surface area contributed by atoms with Gasteiger partial charge in [-0.2, -0.15) is 0 Å². The van der Waals surface area contributed by atoms with Crippen LogP contribution >= 0.6 is 0 Å². The summed E-state index contributed by atoms with van der Waals surface area (Å²) >= 11 is 0. The lowest BCUT2D eigenvalue weighted by atomic mass is 10.0. The first-order chi connectivity index (χ1) is 8.20. The van der Waals surface area contributed by atoms with Crippen LogP contribution in [0.25, 0.3) is 11.3 Å². The lowest BCUT2D eigenvalue weighted by Gasteiger charge is -2.09. The van der Waals surface area contributed by atoms with E-state index in [1.165, 1.54) is 5.56 Å². The number of hydrogen-bond acceptors (Lipinski definition) is 4. The molecule has 88 valence electrons. The number of anilines is 1. The van der Waals surface area contributed by atoms with Gasteiger partial charge in [0.2, 0.25) is 5.95 Å². The van der Waals surface area contributed by atoms with Crippen molar-refractivity contribution in [3.8, 4) is 11.3 Å². The molecular formula is C13H16N4. The molecule has 17 heavy (non-hydrogen) atoms. The van der Waals surface area contributed by atoms with Gasteiger partial charge in [0.15, 0.2) is 0 Å². The first kappa shape index (κ1) is 11.5. The third-order valence-corrected chi connectivity index (χ3v) is 2.58. The standard InChI is InChI=1S/C13H16N4/c1-9-8-12(17-13(15)16-9)11-5-3-2-4-10(11)6-7-14/h2-5,8H,6-7,14H2,1H3,(H2,15,16,17). The number of rotatable bonds is 3. The highest BCUT2D eigenvalue weighted by atomic mass is 15.0. The highest BCUT2D eigenvalue weighted by Gasteiger charge is 2.07. The smallest absolute Gasteiger partial charge is 0.220 e. The summed E-state index contributed by atoms with van der Waals surface area (Å²) in [6.07, 6.45) is 0.832. The van der Waals surface area contributed by atoms with Crippen LogP contribution in [0.4, 0.5) is 5.95 Å². The number of aromatic nitrogens is 2. The van der Waals surface area contributed by atoms with E-state index < -0.39 is 0 Å². The van der Waals surface area contributed by atoms with Crippen LogP contribution in [-0.2, 0) is 6.42 Å². The van der Waals surface area contributed by atoms with Gasteiger partial charge in [-0.15, -0.1) is 0 Å². The Morgan fingerprint density at radius 1 is 1.18 bits per heavy atom. The van der Waals surface area contributed by atoms with Crippen LogP contribution in [0.1, 0.15) is 11.3 Å². The van der Waals surface area contributed by atoms with E-state index in [2.05, 4.69) is 16.0 Å². The van der Waals surface area contributed by atoms with Crippen molar-refractivity contribution in [2.24, 2.45) is 5.73 Å². The fraction of sp³-hybridized carbons (Fsp3) is 0.231. The summed E-state index contributed by atoms with van der Waals surface area (Å²) in [6.45, 7) is 2.53. The van der Waals surface area contributed by atoms with E-state index in [0.717, 1.165) is 23.4 Å². The highest BCUT2D eigenvalue weighted by molar-refractivity contribution is 5.64. The van der Waals surface area contributed by atoms with Crippen LogP contribution in [0.15, 0.2) is 30.3 Å². The molecule has 0 radical (unpaired) electrons. The molecule has 4 N–H and O–H groups in total. The maximum atomic E-state index is 5.67. The Kier molecular flexibility index (Phi) is 3.35. The maximum absolute atomic E-state index is 5.67. The molecule has 0 saturated carbocycles. The lowest BCUT2D eigenvalue weighted by molar-refractivity contribution is 0.968. The summed E-state index contributed by atoms with van der Waals surface area (Å²) in [5.74, 6) is 0.308. The molecule has 2 aromatic rings. The van der Waals surface area contributed by atoms with Crippen LogP contribution in [0, 0.1) is 6.92 Å². The number of nitrogens with zero attached hydrogens (tertiary/aromatic N) is 2. The summed E-state index contributed by atoms with van der Waals surface area (Å²) < 4.78 is 0. The molecule has 1 aromatic heterocycles. The Balaban J connectivity index is 2.51. The number of benzene rings is 1. The zero-order valence-electron chi connectivity index (χ0n) is 9.85. The first-order valence-corrected chi connectivity index (χ1v) is 5.60. The van der Waals surface area contributed by atoms with Crippen LogP contribution in [-0.4, -0.2) is 16.5 Å². The van der Waals surface area contributed by atoms with Gasteiger partial charge in [-0.25, -0.2) is 9.97 Å². The maximum Gasteiger partial charge on any atom is 0.220 e. The summed E-state index contributed by atoms with van der Waals surface area (Å²) in [4.78, 5) is 8.35. The number of nitrogens with two attached hydrogens (primary N) is 2. The third kappa shape index (κ3) is 2.60. The molecule has 0 aliphatic heterocycles. The Morgan fingerprint density at radius 2 is 1.94 bits per heavy atom. The second-order valence-corrected chi connectivity index (χ2v) is 3.95. The molecule has 0 unspecified atom stereocenters. The van der Waals surface area contributed by atoms with E-state index >= 15 is 0 Å². The number of nitrogen functional groups attached to an aromatic ring is 1. The van der Waals surface area contributed by atoms with Crippen molar-refractivity contribution in [2.75, 3.05) is 12.3 Å². The van der Waals surface area contributed by atoms with E-state index in [4.69, 9.17) is 11.5 Å². The summed E-state index contributed by atoms with van der Waals surface area (Å²) in [7, 11) is 0. The fourth-order valence-electron chi connectivity index (χ4n) is 1.87. The zero-order chi connectivity index (χ0) is 12.3. The van der Waals surface area contributed by atoms with Gasteiger partial charge >= 0.3 is 0 Å². The van der Waals surface area contributed by atoms with Gasteiger partial charge in [0.05, 0.1) is 5.69 Å². The molecule has 0 fully saturated rings. The molecule has 0 aliphatic carbocycles. The molecule has 0 bridgehead atoms. The SMILES string of the molecule is Cc1cc(-c2ccccc2CCN)nc(N)n1. The fourth-order valence-corrected chi connectivity index (χ4v) is 1.87. The minimum atomic E-state index is 0.308. The monoisotopic (exact) mass is 228 g/mol. The van der Waals surface area contributed by atoms with Crippen molar-refractivity contribution in [3.63, 3.8) is 0 Å². The van der Waals surface area contributed by atoms with Crippen LogP contribution in [0.2, 0.25) is 0 Å². The molecule has 4 nitrogen and oxygen atoms in total. The predicted octanol–water partition coefficient (Wildman–Crippen LogP) is 1.54. The van der Waals surface area contributed by atoms with E-state index in [0.29, 0.717) is 12.5 Å². The molecule has 0 spiro atoms. The third-order valence-electron chi connectivity index (χ3n) is 2.58. The predicted molar refractivity (Wildman–Crippen MR) is 69.4 cm³/mol. The van der Waals surface area contributed by atoms with Gasteiger partial charge in [-0.1, -0.05) is 24.3 Å². The van der Waals surface area contributed by atoms with Crippen LogP contribution < -0.4 is 11.5 Å². The molecule has 0 amide bonds. The largest absolute Gasteiger partial charge is 0.368 e. The second-order valence-electron chi connectivity index (χ2n) is 3.95. The number of hydrogen-bond donors (Lipinski definition) is 2. The van der Waals surface area contributed by atoms with Gasteiger partial charge in [0.1, 0.15) is 0 Å². The average molecular weight is 228 g/mol. The highest BCUT2D eigenvalue weighted by Crippen LogP contribution is 2.23. The van der Waals surface area contributed by atoms with Crippen molar-refractivity contribution < 1.29 is 0 Å². The Bertz CT molecular complexity index is 502. The molecule has 2 rings (SSSR count). The Morgan fingerprint density at radius 3 is 2.65 bits per heavy atom. The van der Waals surface area contributed by atoms with E-state index in [-0.39, 0.29) is 0 Å². The molecular weight excluding hydrogens is 212 g/mol. The lowest BCUT2D eigenvalue weighted by Crippen LogP contribution is -2.05. The zero-order valence-corrected chi connectivity index (χ0v) is 9.85. The Labute approximate surface area is 101 Å². The van der Waals surface area contributed by atoms with Gasteiger partial charge in [-0.3, -0.25) is 0 Å². The Hall–Kier alpha value is -1.94. The normalized spacial score (nSPS) is 10.5. The molecule has 1 heterocycles. The van der Waals surface area contributed by atoms with Gasteiger partial charge < -0.3 is 11.5 Å². The topological polar surface area (TPSA) is 77.8 Å². The van der Waals surface area contributed by atoms with Crippen molar-refractivity contribution in [1.82, 2.24) is 9.97 Å².